The minimum absolute atomic E-state index is 0.162. The molecule has 6 rings (SSSR count). The van der Waals surface area contributed by atoms with Crippen molar-refractivity contribution in [2.75, 3.05) is 13.2 Å². The second-order valence-electron chi connectivity index (χ2n) is 9.31. The molecule has 0 N–H and O–H groups in total. The van der Waals surface area contributed by atoms with Gasteiger partial charge in [0.15, 0.2) is 5.41 Å². The van der Waals surface area contributed by atoms with Crippen LogP contribution in [-0.4, -0.2) is 25.2 Å². The molecular weight excluding hydrogens is 455 g/mol. The first-order chi connectivity index (χ1) is 17.5. The third kappa shape index (κ3) is 2.98. The molecule has 4 aromatic rings. The number of carbonyl (C=O) groups is 2. The van der Waals surface area contributed by atoms with Crippen molar-refractivity contribution in [1.29, 1.82) is 0 Å². The second kappa shape index (κ2) is 8.30. The van der Waals surface area contributed by atoms with Gasteiger partial charge in [-0.2, -0.15) is 0 Å². The lowest BCUT2D eigenvalue weighted by Crippen LogP contribution is -2.46. The molecule has 0 spiro atoms. The van der Waals surface area contributed by atoms with Crippen LogP contribution in [0.15, 0.2) is 66.7 Å². The van der Waals surface area contributed by atoms with Crippen LogP contribution in [0.2, 0.25) is 0 Å². The highest BCUT2D eigenvalue weighted by Gasteiger charge is 2.57. The Morgan fingerprint density at radius 1 is 0.833 bits per heavy atom. The molecule has 0 aromatic heterocycles. The monoisotopic (exact) mass is 480 g/mol. The van der Waals surface area contributed by atoms with Crippen LogP contribution < -0.4 is 0 Å². The summed E-state index contributed by atoms with van der Waals surface area (Å²) in [6.45, 7) is 3.81. The van der Waals surface area contributed by atoms with Crippen LogP contribution >= 0.6 is 0 Å². The Bertz CT molecular complexity index is 1530. The Balaban J connectivity index is 1.78. The highest BCUT2D eigenvalue weighted by Crippen LogP contribution is 2.56. The SMILES string of the molecule is CCOC(=O)C1(C(=O)OCC)Cc2cccc3c(-c4ccc(F)cc4)c4c(c1c23)Cc1ccccc1-4. The molecule has 2 aliphatic carbocycles. The summed E-state index contributed by atoms with van der Waals surface area (Å²) in [4.78, 5) is 27.4. The summed E-state index contributed by atoms with van der Waals surface area (Å²) in [5.41, 5.74) is 6.01. The number of esters is 2. The molecule has 0 bridgehead atoms. The van der Waals surface area contributed by atoms with E-state index < -0.39 is 17.4 Å². The molecule has 4 nitrogen and oxygen atoms in total. The fourth-order valence-corrected chi connectivity index (χ4v) is 6.10. The number of ether oxygens (including phenoxy) is 2. The van der Waals surface area contributed by atoms with Crippen LogP contribution in [0.5, 0.6) is 0 Å². The minimum Gasteiger partial charge on any atom is -0.465 e. The molecule has 36 heavy (non-hydrogen) atoms. The summed E-state index contributed by atoms with van der Waals surface area (Å²) in [6.07, 6.45) is 0.771. The molecule has 0 fully saturated rings. The van der Waals surface area contributed by atoms with Gasteiger partial charge in [0.1, 0.15) is 5.82 Å². The summed E-state index contributed by atoms with van der Waals surface area (Å²) in [7, 11) is 0. The van der Waals surface area contributed by atoms with Gasteiger partial charge in [0.05, 0.1) is 13.2 Å². The topological polar surface area (TPSA) is 52.6 Å². The van der Waals surface area contributed by atoms with E-state index >= 15 is 0 Å². The van der Waals surface area contributed by atoms with Crippen LogP contribution in [0.25, 0.3) is 33.0 Å². The van der Waals surface area contributed by atoms with Crippen LogP contribution in [0, 0.1) is 5.82 Å². The van der Waals surface area contributed by atoms with Gasteiger partial charge in [0.2, 0.25) is 0 Å². The number of fused-ring (bicyclic) bond motifs is 4. The highest BCUT2D eigenvalue weighted by atomic mass is 19.1. The van der Waals surface area contributed by atoms with Gasteiger partial charge in [-0.25, -0.2) is 4.39 Å². The van der Waals surface area contributed by atoms with E-state index in [-0.39, 0.29) is 25.5 Å². The molecule has 0 saturated heterocycles. The lowest BCUT2D eigenvalue weighted by Gasteiger charge is -2.28. The van der Waals surface area contributed by atoms with Crippen molar-refractivity contribution >= 4 is 22.7 Å². The third-order valence-corrected chi connectivity index (χ3v) is 7.44. The smallest absolute Gasteiger partial charge is 0.328 e. The van der Waals surface area contributed by atoms with E-state index in [9.17, 15) is 14.0 Å². The normalized spacial score (nSPS) is 14.4. The average molecular weight is 481 g/mol. The first kappa shape index (κ1) is 22.5. The Morgan fingerprint density at radius 2 is 1.50 bits per heavy atom. The Kier molecular flexibility index (Phi) is 5.18. The van der Waals surface area contributed by atoms with Gasteiger partial charge in [0.25, 0.3) is 0 Å². The first-order valence-electron chi connectivity index (χ1n) is 12.3. The predicted octanol–water partition coefficient (Wildman–Crippen LogP) is 6.14. The Morgan fingerprint density at radius 3 is 2.19 bits per heavy atom. The van der Waals surface area contributed by atoms with E-state index in [0.717, 1.165) is 49.7 Å². The Hall–Kier alpha value is -3.99. The van der Waals surface area contributed by atoms with Gasteiger partial charge in [-0.3, -0.25) is 9.59 Å². The summed E-state index contributed by atoms with van der Waals surface area (Å²) in [5, 5.41) is 1.82. The predicted molar refractivity (Wildman–Crippen MR) is 136 cm³/mol. The van der Waals surface area contributed by atoms with Crippen molar-refractivity contribution in [2.24, 2.45) is 0 Å². The van der Waals surface area contributed by atoms with E-state index in [1.54, 1.807) is 26.0 Å². The highest BCUT2D eigenvalue weighted by molar-refractivity contribution is 6.19. The molecule has 0 amide bonds. The van der Waals surface area contributed by atoms with Crippen LogP contribution in [0.4, 0.5) is 4.39 Å². The van der Waals surface area contributed by atoms with Gasteiger partial charge in [-0.15, -0.1) is 0 Å². The van der Waals surface area contributed by atoms with Crippen LogP contribution in [-0.2, 0) is 37.3 Å². The van der Waals surface area contributed by atoms with Gasteiger partial charge < -0.3 is 9.47 Å². The minimum atomic E-state index is -1.57. The number of halogens is 1. The van der Waals surface area contributed by atoms with Crippen molar-refractivity contribution in [3.05, 3.63) is 94.8 Å². The molecule has 0 heterocycles. The molecule has 0 aliphatic heterocycles. The second-order valence-corrected chi connectivity index (χ2v) is 9.31. The maximum atomic E-state index is 13.9. The zero-order valence-electron chi connectivity index (χ0n) is 20.2. The zero-order chi connectivity index (χ0) is 25.0. The van der Waals surface area contributed by atoms with E-state index in [1.807, 2.05) is 30.3 Å². The molecule has 0 unspecified atom stereocenters. The van der Waals surface area contributed by atoms with E-state index in [1.165, 1.54) is 12.1 Å². The van der Waals surface area contributed by atoms with Gasteiger partial charge in [0, 0.05) is 6.42 Å². The lowest BCUT2D eigenvalue weighted by molar-refractivity contribution is -0.164. The molecule has 0 atom stereocenters. The number of hydrogen-bond acceptors (Lipinski definition) is 4. The summed E-state index contributed by atoms with van der Waals surface area (Å²) >= 11 is 0. The fourth-order valence-electron chi connectivity index (χ4n) is 6.10. The molecule has 5 heteroatoms. The van der Waals surface area contributed by atoms with Crippen LogP contribution in [0.3, 0.4) is 0 Å². The number of hydrogen-bond donors (Lipinski definition) is 0. The summed E-state index contributed by atoms with van der Waals surface area (Å²) < 4.78 is 25.0. The summed E-state index contributed by atoms with van der Waals surface area (Å²) in [5.74, 6) is -1.45. The number of carbonyl (C=O) groups excluding carboxylic acids is 2. The standard InChI is InChI=1S/C31H25FO4/c1-3-35-29(33)31(30(34)36-4-2)17-20-9-7-11-23-25(18-12-14-21(32)15-13-18)27-22-10-6-5-8-19(22)16-24(27)28(31)26(20)23/h5-15H,3-4,16-17H2,1-2H3. The maximum Gasteiger partial charge on any atom is 0.328 e. The van der Waals surface area contributed by atoms with Crippen molar-refractivity contribution in [2.45, 2.75) is 32.1 Å². The fraction of sp³-hybridized carbons (Fsp3) is 0.226. The molecule has 0 saturated carbocycles. The summed E-state index contributed by atoms with van der Waals surface area (Å²) in [6, 6.07) is 20.6. The molecule has 0 radical (unpaired) electrons. The van der Waals surface area contributed by atoms with Gasteiger partial charge in [-0.1, -0.05) is 54.6 Å². The zero-order valence-corrected chi connectivity index (χ0v) is 20.2. The quantitative estimate of drug-likeness (QED) is 0.224. The van der Waals surface area contributed by atoms with Crippen molar-refractivity contribution < 1.29 is 23.5 Å². The van der Waals surface area contributed by atoms with Gasteiger partial charge >= 0.3 is 11.9 Å². The number of rotatable bonds is 5. The van der Waals surface area contributed by atoms with Crippen molar-refractivity contribution in [3.63, 3.8) is 0 Å². The molecule has 4 aromatic carbocycles. The van der Waals surface area contributed by atoms with Crippen molar-refractivity contribution in [1.82, 2.24) is 0 Å². The molecular formula is C31H25FO4. The lowest BCUT2D eigenvalue weighted by atomic mass is 9.76. The first-order valence-corrected chi connectivity index (χ1v) is 12.3. The van der Waals surface area contributed by atoms with Crippen molar-refractivity contribution in [3.8, 4) is 22.3 Å². The maximum absolute atomic E-state index is 13.9. The largest absolute Gasteiger partial charge is 0.465 e. The number of benzene rings is 4. The third-order valence-electron chi connectivity index (χ3n) is 7.44. The van der Waals surface area contributed by atoms with E-state index in [4.69, 9.17) is 9.47 Å². The molecule has 180 valence electrons. The van der Waals surface area contributed by atoms with Crippen LogP contribution in [0.1, 0.15) is 36.1 Å². The van der Waals surface area contributed by atoms with E-state index in [0.29, 0.717) is 12.0 Å². The average Bonchev–Trinajstić information content (AvgIpc) is 3.44. The van der Waals surface area contributed by atoms with Gasteiger partial charge in [-0.05, 0) is 87.7 Å². The Labute approximate surface area is 208 Å². The molecule has 2 aliphatic rings. The van der Waals surface area contributed by atoms with E-state index in [2.05, 4.69) is 12.1 Å².